The zero-order valence-electron chi connectivity index (χ0n) is 9.61. The zero-order chi connectivity index (χ0) is 11.4. The van der Waals surface area contributed by atoms with Crippen molar-refractivity contribution in [3.63, 3.8) is 0 Å². The van der Waals surface area contributed by atoms with Crippen LogP contribution in [0.15, 0.2) is 0 Å². The van der Waals surface area contributed by atoms with Crippen LogP contribution in [0.2, 0.25) is 0 Å². The van der Waals surface area contributed by atoms with Crippen LogP contribution in [0, 0.1) is 0 Å². The number of methoxy groups -OCH3 is 1. The highest BCUT2D eigenvalue weighted by Crippen LogP contribution is 2.23. The van der Waals surface area contributed by atoms with Gasteiger partial charge in [-0.25, -0.2) is 4.98 Å². The molecule has 3 nitrogen and oxygen atoms in total. The van der Waals surface area contributed by atoms with Crippen molar-refractivity contribution in [2.24, 2.45) is 0 Å². The van der Waals surface area contributed by atoms with Gasteiger partial charge < -0.3 is 4.74 Å². The summed E-state index contributed by atoms with van der Waals surface area (Å²) in [4.78, 5) is 8.36. The minimum atomic E-state index is 0.604. The molecule has 1 aliphatic heterocycles. The average molecular weight is 258 g/mol. The molecule has 2 heterocycles. The highest BCUT2D eigenvalue weighted by molar-refractivity contribution is 7.79. The number of likely N-dealkylation sites (tertiary alicyclic amines) is 1. The predicted molar refractivity (Wildman–Crippen MR) is 70.0 cm³/mol. The molecule has 1 fully saturated rings. The topological polar surface area (TPSA) is 25.4 Å². The number of rotatable bonds is 5. The molecule has 0 amide bonds. The van der Waals surface area contributed by atoms with Crippen molar-refractivity contribution < 1.29 is 4.74 Å². The Labute approximate surface area is 106 Å². The molecule has 0 saturated carbocycles. The first kappa shape index (κ1) is 12.4. The lowest BCUT2D eigenvalue weighted by Gasteiger charge is -2.11. The summed E-state index contributed by atoms with van der Waals surface area (Å²) in [6, 6.07) is 0. The molecular formula is C11H18N2OS2. The van der Waals surface area contributed by atoms with Crippen LogP contribution in [0.1, 0.15) is 28.4 Å². The number of ether oxygens (including phenoxy) is 1. The summed E-state index contributed by atoms with van der Waals surface area (Å²) in [7, 11) is 1.71. The van der Waals surface area contributed by atoms with Crippen LogP contribution in [0.25, 0.3) is 0 Å². The first-order valence-electron chi connectivity index (χ1n) is 5.63. The average Bonchev–Trinajstić information content (AvgIpc) is 2.89. The summed E-state index contributed by atoms with van der Waals surface area (Å²) < 4.78 is 5.15. The van der Waals surface area contributed by atoms with E-state index in [1.165, 1.54) is 35.8 Å². The lowest BCUT2D eigenvalue weighted by atomic mass is 10.4. The van der Waals surface area contributed by atoms with Crippen molar-refractivity contribution in [2.75, 3.05) is 20.2 Å². The SMILES string of the molecule is COCc1nc(CN2CCCC2)sc1CS. The summed E-state index contributed by atoms with van der Waals surface area (Å²) in [6.07, 6.45) is 2.66. The fourth-order valence-corrected chi connectivity index (χ4v) is 3.36. The van der Waals surface area contributed by atoms with E-state index in [9.17, 15) is 0 Å². The van der Waals surface area contributed by atoms with Gasteiger partial charge in [0.2, 0.25) is 0 Å². The number of thiol groups is 1. The molecule has 0 bridgehead atoms. The highest BCUT2D eigenvalue weighted by atomic mass is 32.1. The molecule has 0 spiro atoms. The molecule has 0 aromatic carbocycles. The summed E-state index contributed by atoms with van der Waals surface area (Å²) in [5.41, 5.74) is 1.07. The van der Waals surface area contributed by atoms with Gasteiger partial charge in [-0.15, -0.1) is 11.3 Å². The molecule has 1 aromatic heterocycles. The third-order valence-electron chi connectivity index (χ3n) is 2.80. The number of hydrogen-bond acceptors (Lipinski definition) is 5. The lowest BCUT2D eigenvalue weighted by Crippen LogP contribution is -2.18. The standard InChI is InChI=1S/C11H18N2OS2/c1-14-7-9-10(8-15)16-11(12-9)6-13-4-2-3-5-13/h15H,2-8H2,1H3. The van der Waals surface area contributed by atoms with Crippen LogP contribution >= 0.6 is 24.0 Å². The van der Waals surface area contributed by atoms with Crippen LogP contribution in [-0.2, 0) is 23.6 Å². The van der Waals surface area contributed by atoms with Gasteiger partial charge in [-0.2, -0.15) is 12.6 Å². The number of nitrogens with zero attached hydrogens (tertiary/aromatic N) is 2. The molecule has 16 heavy (non-hydrogen) atoms. The van der Waals surface area contributed by atoms with Gasteiger partial charge >= 0.3 is 0 Å². The number of hydrogen-bond donors (Lipinski definition) is 1. The second-order valence-electron chi connectivity index (χ2n) is 4.05. The van der Waals surface area contributed by atoms with Crippen LogP contribution in [0.4, 0.5) is 0 Å². The van der Waals surface area contributed by atoms with Gasteiger partial charge in [0.05, 0.1) is 18.8 Å². The first-order chi connectivity index (χ1) is 7.83. The van der Waals surface area contributed by atoms with Gasteiger partial charge in [0.25, 0.3) is 0 Å². The van der Waals surface area contributed by atoms with Crippen molar-refractivity contribution in [1.82, 2.24) is 9.88 Å². The van der Waals surface area contributed by atoms with E-state index in [2.05, 4.69) is 22.5 Å². The first-order valence-corrected chi connectivity index (χ1v) is 7.08. The van der Waals surface area contributed by atoms with E-state index in [1.807, 2.05) is 0 Å². The smallest absolute Gasteiger partial charge is 0.107 e. The highest BCUT2D eigenvalue weighted by Gasteiger charge is 2.15. The third kappa shape index (κ3) is 2.97. The maximum atomic E-state index is 5.15. The number of thiazole rings is 1. The van der Waals surface area contributed by atoms with Crippen molar-refractivity contribution in [3.8, 4) is 0 Å². The van der Waals surface area contributed by atoms with E-state index < -0.39 is 0 Å². The quantitative estimate of drug-likeness (QED) is 0.821. The molecule has 0 N–H and O–H groups in total. The Morgan fingerprint density at radius 3 is 2.81 bits per heavy atom. The van der Waals surface area contributed by atoms with Crippen molar-refractivity contribution in [2.45, 2.75) is 31.7 Å². The fraction of sp³-hybridized carbons (Fsp3) is 0.727. The van der Waals surface area contributed by atoms with Gasteiger partial charge in [-0.3, -0.25) is 4.90 Å². The minimum Gasteiger partial charge on any atom is -0.378 e. The summed E-state index contributed by atoms with van der Waals surface area (Å²) in [6.45, 7) is 4.03. The zero-order valence-corrected chi connectivity index (χ0v) is 11.3. The number of aromatic nitrogens is 1. The van der Waals surface area contributed by atoms with Gasteiger partial charge in [0.15, 0.2) is 0 Å². The monoisotopic (exact) mass is 258 g/mol. The molecular weight excluding hydrogens is 240 g/mol. The maximum absolute atomic E-state index is 5.15. The Hall–Kier alpha value is -0.100. The Bertz CT molecular complexity index is 335. The van der Waals surface area contributed by atoms with E-state index in [-0.39, 0.29) is 0 Å². The van der Waals surface area contributed by atoms with Gasteiger partial charge in [0.1, 0.15) is 5.01 Å². The second-order valence-corrected chi connectivity index (χ2v) is 5.54. The molecule has 1 saturated heterocycles. The predicted octanol–water partition coefficient (Wildman–Crippen LogP) is 2.32. The van der Waals surface area contributed by atoms with Gasteiger partial charge in [0, 0.05) is 17.7 Å². The molecule has 0 radical (unpaired) electrons. The van der Waals surface area contributed by atoms with Crippen molar-refractivity contribution in [3.05, 3.63) is 15.6 Å². The van der Waals surface area contributed by atoms with E-state index in [0.29, 0.717) is 6.61 Å². The second kappa shape index (κ2) is 6.00. The van der Waals surface area contributed by atoms with Crippen LogP contribution in [-0.4, -0.2) is 30.1 Å². The fourth-order valence-electron chi connectivity index (χ4n) is 2.01. The summed E-state index contributed by atoms with van der Waals surface area (Å²) in [5, 5.41) is 1.21. The van der Waals surface area contributed by atoms with E-state index >= 15 is 0 Å². The van der Waals surface area contributed by atoms with Crippen LogP contribution < -0.4 is 0 Å². The molecule has 0 unspecified atom stereocenters. The van der Waals surface area contributed by atoms with Crippen LogP contribution in [0.5, 0.6) is 0 Å². The van der Waals surface area contributed by atoms with Crippen molar-refractivity contribution in [1.29, 1.82) is 0 Å². The largest absolute Gasteiger partial charge is 0.378 e. The molecule has 1 aromatic rings. The lowest BCUT2D eigenvalue weighted by molar-refractivity contribution is 0.181. The van der Waals surface area contributed by atoms with E-state index in [0.717, 1.165) is 18.0 Å². The molecule has 90 valence electrons. The Morgan fingerprint density at radius 1 is 1.44 bits per heavy atom. The minimum absolute atomic E-state index is 0.604. The third-order valence-corrected chi connectivity index (χ3v) is 4.42. The van der Waals surface area contributed by atoms with Crippen LogP contribution in [0.3, 0.4) is 0 Å². The Kier molecular flexibility index (Phi) is 4.64. The Morgan fingerprint density at radius 2 is 2.19 bits per heavy atom. The van der Waals surface area contributed by atoms with E-state index in [1.54, 1.807) is 18.4 Å². The summed E-state index contributed by atoms with van der Waals surface area (Å²) in [5.74, 6) is 0.760. The van der Waals surface area contributed by atoms with Crippen molar-refractivity contribution >= 4 is 24.0 Å². The molecule has 0 aliphatic carbocycles. The molecule has 2 rings (SSSR count). The van der Waals surface area contributed by atoms with Gasteiger partial charge in [-0.05, 0) is 25.9 Å². The van der Waals surface area contributed by atoms with Gasteiger partial charge in [-0.1, -0.05) is 0 Å². The Balaban J connectivity index is 2.02. The molecule has 1 aliphatic rings. The normalized spacial score (nSPS) is 17.1. The maximum Gasteiger partial charge on any atom is 0.107 e. The molecule has 5 heteroatoms. The van der Waals surface area contributed by atoms with E-state index in [4.69, 9.17) is 4.74 Å². The summed E-state index contributed by atoms with van der Waals surface area (Å²) >= 11 is 6.11. The molecule has 0 atom stereocenters.